The van der Waals surface area contributed by atoms with Crippen molar-refractivity contribution in [2.24, 2.45) is 0 Å². The van der Waals surface area contributed by atoms with Crippen molar-refractivity contribution in [2.75, 3.05) is 18.9 Å². The molecule has 1 aliphatic rings. The average Bonchev–Trinajstić information content (AvgIpc) is 3.37. The Bertz CT molecular complexity index is 953. The maximum Gasteiger partial charge on any atom is 0.416 e. The van der Waals surface area contributed by atoms with Gasteiger partial charge in [0, 0.05) is 25.4 Å². The molecule has 2 aromatic heterocycles. The lowest BCUT2D eigenvalue weighted by molar-refractivity contribution is -0.137. The summed E-state index contributed by atoms with van der Waals surface area (Å²) >= 11 is 0. The maximum atomic E-state index is 12.7. The topological polar surface area (TPSA) is 67.1 Å². The Hall–Kier alpha value is -2.94. The first-order chi connectivity index (χ1) is 13.9. The van der Waals surface area contributed by atoms with Crippen LogP contribution in [0.4, 0.5) is 19.0 Å². The van der Waals surface area contributed by atoms with E-state index in [9.17, 15) is 13.2 Å². The normalized spacial score (nSPS) is 17.6. The monoisotopic (exact) mass is 403 g/mol. The molecule has 1 atom stereocenters. The lowest BCUT2D eigenvalue weighted by atomic mass is 10.1. The number of halogens is 3. The predicted octanol–water partition coefficient (Wildman–Crippen LogP) is 4.53. The number of aromatic nitrogens is 3. The molecule has 0 radical (unpaired) electrons. The van der Waals surface area contributed by atoms with Gasteiger partial charge in [-0.15, -0.1) is 0 Å². The van der Waals surface area contributed by atoms with Gasteiger partial charge in [-0.25, -0.2) is 4.98 Å². The summed E-state index contributed by atoms with van der Waals surface area (Å²) in [6.45, 7) is 1.35. The highest BCUT2D eigenvalue weighted by molar-refractivity contribution is 5.55. The fraction of sp³-hybridized carbons (Fsp3) is 0.350. The van der Waals surface area contributed by atoms with Gasteiger partial charge in [-0.2, -0.15) is 18.2 Å². The molecule has 3 aromatic rings. The highest BCUT2D eigenvalue weighted by Gasteiger charge is 2.32. The molecule has 0 aliphatic carbocycles. The van der Waals surface area contributed by atoms with Crippen LogP contribution in [0.1, 0.15) is 35.9 Å². The average molecular weight is 403 g/mol. The molecule has 0 amide bonds. The second-order valence-corrected chi connectivity index (χ2v) is 6.96. The van der Waals surface area contributed by atoms with Gasteiger partial charge < -0.3 is 9.84 Å². The second-order valence-electron chi connectivity index (χ2n) is 6.96. The number of rotatable bonds is 5. The summed E-state index contributed by atoms with van der Waals surface area (Å²) in [6.07, 6.45) is -0.829. The third-order valence-corrected chi connectivity index (χ3v) is 5.04. The highest BCUT2D eigenvalue weighted by Crippen LogP contribution is 2.34. The highest BCUT2D eigenvalue weighted by atomic mass is 19.4. The van der Waals surface area contributed by atoms with E-state index >= 15 is 0 Å². The van der Waals surface area contributed by atoms with E-state index in [1.807, 2.05) is 12.1 Å². The molecule has 1 N–H and O–H groups in total. The molecule has 29 heavy (non-hydrogen) atoms. The van der Waals surface area contributed by atoms with E-state index in [1.54, 1.807) is 13.2 Å². The van der Waals surface area contributed by atoms with E-state index in [1.165, 1.54) is 12.1 Å². The Morgan fingerprint density at radius 2 is 1.97 bits per heavy atom. The molecule has 0 saturated carbocycles. The summed E-state index contributed by atoms with van der Waals surface area (Å²) in [6, 6.07) is 8.92. The Labute approximate surface area is 165 Å². The van der Waals surface area contributed by atoms with Crippen molar-refractivity contribution in [1.82, 2.24) is 20.0 Å². The third-order valence-electron chi connectivity index (χ3n) is 5.04. The van der Waals surface area contributed by atoms with Crippen LogP contribution in [0.15, 0.2) is 47.1 Å². The van der Waals surface area contributed by atoms with E-state index in [2.05, 4.69) is 25.3 Å². The number of hydrogen-bond donors (Lipinski definition) is 1. The number of hydrogen-bond acceptors (Lipinski definition) is 6. The molecule has 0 spiro atoms. The van der Waals surface area contributed by atoms with E-state index in [-0.39, 0.29) is 6.04 Å². The van der Waals surface area contributed by atoms with Crippen molar-refractivity contribution in [3.63, 3.8) is 0 Å². The molecule has 1 aromatic carbocycles. The minimum atomic E-state index is -4.32. The molecule has 1 aliphatic heterocycles. The fourth-order valence-electron chi connectivity index (χ4n) is 3.49. The first-order valence-electron chi connectivity index (χ1n) is 9.32. The van der Waals surface area contributed by atoms with Crippen LogP contribution in [-0.4, -0.2) is 33.6 Å². The van der Waals surface area contributed by atoms with Crippen LogP contribution in [0.2, 0.25) is 0 Å². The number of nitrogens with one attached hydrogen (secondary N) is 1. The van der Waals surface area contributed by atoms with Gasteiger partial charge in [0.15, 0.2) is 0 Å². The summed E-state index contributed by atoms with van der Waals surface area (Å²) in [7, 11) is 1.79. The van der Waals surface area contributed by atoms with Crippen molar-refractivity contribution in [3.05, 3.63) is 59.6 Å². The Morgan fingerprint density at radius 3 is 2.62 bits per heavy atom. The largest absolute Gasteiger partial charge is 0.416 e. The van der Waals surface area contributed by atoms with Gasteiger partial charge in [-0.3, -0.25) is 4.90 Å². The number of alkyl halides is 3. The standard InChI is InChI=1S/C20H20F3N5O/c1-24-17-9-6-14(11-25-17)18-26-19(29-27-18)16-3-2-10-28(16)12-13-4-7-15(8-5-13)20(21,22)23/h4-9,11,16H,2-3,10,12H2,1H3,(H,24,25)/t16-/m0/s1. The Balaban J connectivity index is 1.48. The van der Waals surface area contributed by atoms with Gasteiger partial charge in [0.1, 0.15) is 5.82 Å². The van der Waals surface area contributed by atoms with E-state index < -0.39 is 11.7 Å². The van der Waals surface area contributed by atoms with Crippen LogP contribution in [0.3, 0.4) is 0 Å². The summed E-state index contributed by atoms with van der Waals surface area (Å²) < 4.78 is 43.7. The van der Waals surface area contributed by atoms with Crippen molar-refractivity contribution < 1.29 is 17.7 Å². The quantitative estimate of drug-likeness (QED) is 0.675. The molecule has 9 heteroatoms. The molecule has 152 valence electrons. The first kappa shape index (κ1) is 19.4. The third kappa shape index (κ3) is 4.24. The molecule has 0 unspecified atom stereocenters. The number of nitrogens with zero attached hydrogens (tertiary/aromatic N) is 4. The smallest absolute Gasteiger partial charge is 0.373 e. The SMILES string of the molecule is CNc1ccc(-c2noc([C@@H]3CCCN3Cc3ccc(C(F)(F)F)cc3)n2)cn1. The lowest BCUT2D eigenvalue weighted by Crippen LogP contribution is -2.23. The zero-order valence-corrected chi connectivity index (χ0v) is 15.8. The summed E-state index contributed by atoms with van der Waals surface area (Å²) in [5.74, 6) is 1.73. The van der Waals surface area contributed by atoms with Crippen LogP contribution in [-0.2, 0) is 12.7 Å². The molecular weight excluding hydrogens is 383 g/mol. The zero-order chi connectivity index (χ0) is 20.4. The molecule has 6 nitrogen and oxygen atoms in total. The Morgan fingerprint density at radius 1 is 1.17 bits per heavy atom. The fourth-order valence-corrected chi connectivity index (χ4v) is 3.49. The molecule has 4 rings (SSSR count). The van der Waals surface area contributed by atoms with Gasteiger partial charge in [0.2, 0.25) is 11.7 Å². The summed E-state index contributed by atoms with van der Waals surface area (Å²) in [5.41, 5.74) is 0.932. The minimum Gasteiger partial charge on any atom is -0.373 e. The number of pyridine rings is 1. The van der Waals surface area contributed by atoms with Gasteiger partial charge in [-0.05, 0) is 49.2 Å². The number of anilines is 1. The van der Waals surface area contributed by atoms with E-state index in [0.717, 1.165) is 48.5 Å². The van der Waals surface area contributed by atoms with Crippen LogP contribution in [0.25, 0.3) is 11.4 Å². The van der Waals surface area contributed by atoms with Crippen molar-refractivity contribution in [3.8, 4) is 11.4 Å². The molecule has 1 fully saturated rings. The molecule has 0 bridgehead atoms. The van der Waals surface area contributed by atoms with E-state index in [4.69, 9.17) is 4.52 Å². The second kappa shape index (κ2) is 7.82. The van der Waals surface area contributed by atoms with Crippen molar-refractivity contribution >= 4 is 5.82 Å². The van der Waals surface area contributed by atoms with Crippen molar-refractivity contribution in [1.29, 1.82) is 0 Å². The maximum absolute atomic E-state index is 12.7. The zero-order valence-electron chi connectivity index (χ0n) is 15.8. The molecule has 1 saturated heterocycles. The summed E-state index contributed by atoms with van der Waals surface area (Å²) in [5, 5.41) is 7.02. The molecular formula is C20H20F3N5O. The predicted molar refractivity (Wildman–Crippen MR) is 101 cm³/mol. The van der Waals surface area contributed by atoms with Crippen LogP contribution in [0, 0.1) is 0 Å². The van der Waals surface area contributed by atoms with Crippen molar-refractivity contribution in [2.45, 2.75) is 31.6 Å². The Kier molecular flexibility index (Phi) is 5.23. The van der Waals surface area contributed by atoms with Gasteiger partial charge in [-0.1, -0.05) is 17.3 Å². The van der Waals surface area contributed by atoms with Crippen LogP contribution < -0.4 is 5.32 Å². The number of likely N-dealkylation sites (tertiary alicyclic amines) is 1. The number of benzene rings is 1. The first-order valence-corrected chi connectivity index (χ1v) is 9.32. The van der Waals surface area contributed by atoms with E-state index in [0.29, 0.717) is 18.3 Å². The molecule has 3 heterocycles. The summed E-state index contributed by atoms with van der Waals surface area (Å²) in [4.78, 5) is 10.9. The lowest BCUT2D eigenvalue weighted by Gasteiger charge is -2.21. The van der Waals surface area contributed by atoms with Crippen LogP contribution >= 0.6 is 0 Å². The minimum absolute atomic E-state index is 0.0527. The van der Waals surface area contributed by atoms with Gasteiger partial charge in [0.05, 0.1) is 11.6 Å². The van der Waals surface area contributed by atoms with Gasteiger partial charge >= 0.3 is 6.18 Å². The van der Waals surface area contributed by atoms with Crippen LogP contribution in [0.5, 0.6) is 0 Å². The van der Waals surface area contributed by atoms with Gasteiger partial charge in [0.25, 0.3) is 0 Å².